The molecule has 0 fully saturated rings. The van der Waals surface area contributed by atoms with Crippen LogP contribution in [0.2, 0.25) is 0 Å². The fourth-order valence-electron chi connectivity index (χ4n) is 1.71. The van der Waals surface area contributed by atoms with Gasteiger partial charge in [0.15, 0.2) is 0 Å². The molecule has 1 unspecified atom stereocenters. The maximum absolute atomic E-state index is 5.78. The fourth-order valence-corrected chi connectivity index (χ4v) is 1.71. The molecular weight excluding hydrogens is 276 g/mol. The standard InChI is InChI=1S/C18H18N2O2/c1-4-11-19-16-20-12-6-9-17-8-2-3-10-18(17)22-15-7-14-21-13-5-1/h1-14,16,18H,15H2/b4-1-,12-6-,13-5-,14-7-,17-9-,19-11-,20-16-. The van der Waals surface area contributed by atoms with E-state index in [9.17, 15) is 0 Å². The van der Waals surface area contributed by atoms with Crippen molar-refractivity contribution in [1.82, 2.24) is 0 Å². The van der Waals surface area contributed by atoms with E-state index >= 15 is 0 Å². The molecule has 1 aliphatic carbocycles. The van der Waals surface area contributed by atoms with E-state index in [1.807, 2.05) is 48.6 Å². The molecule has 0 saturated heterocycles. The zero-order valence-corrected chi connectivity index (χ0v) is 12.2. The first-order valence-electron chi connectivity index (χ1n) is 6.97. The van der Waals surface area contributed by atoms with E-state index in [4.69, 9.17) is 9.47 Å². The maximum atomic E-state index is 5.78. The van der Waals surface area contributed by atoms with E-state index in [-0.39, 0.29) is 6.10 Å². The van der Waals surface area contributed by atoms with E-state index in [1.54, 1.807) is 37.1 Å². The Kier molecular flexibility index (Phi) is 7.17. The summed E-state index contributed by atoms with van der Waals surface area (Å²) in [6.07, 6.45) is 26.9. The second-order valence-corrected chi connectivity index (χ2v) is 4.29. The van der Waals surface area contributed by atoms with Crippen molar-refractivity contribution in [3.8, 4) is 0 Å². The van der Waals surface area contributed by atoms with Crippen molar-refractivity contribution in [2.24, 2.45) is 9.98 Å². The molecule has 0 bridgehead atoms. The predicted octanol–water partition coefficient (Wildman–Crippen LogP) is 3.65. The molecular formula is C18H18N2O2. The molecule has 0 amide bonds. The van der Waals surface area contributed by atoms with Crippen molar-refractivity contribution < 1.29 is 9.47 Å². The van der Waals surface area contributed by atoms with Crippen molar-refractivity contribution in [1.29, 1.82) is 0 Å². The lowest BCUT2D eigenvalue weighted by Gasteiger charge is -2.16. The van der Waals surface area contributed by atoms with Crippen LogP contribution in [0.15, 0.2) is 95.0 Å². The van der Waals surface area contributed by atoms with E-state index in [0.29, 0.717) is 6.61 Å². The Morgan fingerprint density at radius 1 is 0.955 bits per heavy atom. The van der Waals surface area contributed by atoms with Gasteiger partial charge in [0.25, 0.3) is 0 Å². The van der Waals surface area contributed by atoms with Crippen LogP contribution in [0.1, 0.15) is 0 Å². The Bertz CT molecular complexity index is 603. The van der Waals surface area contributed by atoms with Crippen molar-refractivity contribution in [3.05, 3.63) is 85.1 Å². The van der Waals surface area contributed by atoms with Crippen LogP contribution in [0.5, 0.6) is 0 Å². The quantitative estimate of drug-likeness (QED) is 0.684. The summed E-state index contributed by atoms with van der Waals surface area (Å²) in [7, 11) is 0. The van der Waals surface area contributed by atoms with Crippen molar-refractivity contribution in [3.63, 3.8) is 0 Å². The molecule has 0 aromatic rings. The van der Waals surface area contributed by atoms with Gasteiger partial charge in [0, 0.05) is 12.4 Å². The SMILES string of the molecule is C1=C/C2=C/C=C\N=C/N=C\C=C/C=C\O/C=C\COC2C=C1. The summed E-state index contributed by atoms with van der Waals surface area (Å²) in [6, 6.07) is 0. The number of hydrogen-bond acceptors (Lipinski definition) is 4. The molecule has 112 valence electrons. The van der Waals surface area contributed by atoms with Gasteiger partial charge in [-0.1, -0.05) is 36.5 Å². The zero-order valence-electron chi connectivity index (χ0n) is 12.2. The first kappa shape index (κ1) is 15.7. The maximum Gasteiger partial charge on any atom is 0.115 e. The van der Waals surface area contributed by atoms with Gasteiger partial charge in [-0.3, -0.25) is 0 Å². The van der Waals surface area contributed by atoms with E-state index < -0.39 is 0 Å². The highest BCUT2D eigenvalue weighted by Gasteiger charge is 2.09. The summed E-state index contributed by atoms with van der Waals surface area (Å²) in [5, 5.41) is 0. The lowest BCUT2D eigenvalue weighted by atomic mass is 10.0. The van der Waals surface area contributed by atoms with Gasteiger partial charge in [-0.15, -0.1) is 0 Å². The van der Waals surface area contributed by atoms with Gasteiger partial charge in [0.2, 0.25) is 0 Å². The van der Waals surface area contributed by atoms with Gasteiger partial charge >= 0.3 is 0 Å². The highest BCUT2D eigenvalue weighted by atomic mass is 16.5. The summed E-state index contributed by atoms with van der Waals surface area (Å²) < 4.78 is 11.0. The normalized spacial score (nSPS) is 32.9. The van der Waals surface area contributed by atoms with Gasteiger partial charge < -0.3 is 9.47 Å². The molecule has 1 heterocycles. The zero-order chi connectivity index (χ0) is 15.3. The summed E-state index contributed by atoms with van der Waals surface area (Å²) in [4.78, 5) is 8.06. The molecule has 22 heavy (non-hydrogen) atoms. The summed E-state index contributed by atoms with van der Waals surface area (Å²) >= 11 is 0. The lowest BCUT2D eigenvalue weighted by molar-refractivity contribution is 0.135. The van der Waals surface area contributed by atoms with Crippen LogP contribution in [0.4, 0.5) is 0 Å². The van der Waals surface area contributed by atoms with Crippen LogP contribution in [0.25, 0.3) is 0 Å². The van der Waals surface area contributed by atoms with Crippen molar-refractivity contribution >= 4 is 12.6 Å². The molecule has 1 atom stereocenters. The smallest absolute Gasteiger partial charge is 0.115 e. The van der Waals surface area contributed by atoms with E-state index in [0.717, 1.165) is 5.57 Å². The molecule has 0 aromatic heterocycles. The van der Waals surface area contributed by atoms with Crippen LogP contribution >= 0.6 is 0 Å². The fraction of sp³-hybridized carbons (Fsp3) is 0.111. The largest absolute Gasteiger partial charge is 0.473 e. The van der Waals surface area contributed by atoms with Crippen LogP contribution in [0, 0.1) is 0 Å². The lowest BCUT2D eigenvalue weighted by Crippen LogP contribution is -2.13. The Hall–Kier alpha value is -2.72. The third-order valence-electron chi connectivity index (χ3n) is 2.71. The topological polar surface area (TPSA) is 43.2 Å². The van der Waals surface area contributed by atoms with Crippen LogP contribution in [-0.4, -0.2) is 25.3 Å². The number of rotatable bonds is 0. The number of allylic oxidation sites excluding steroid dienone is 7. The molecule has 0 N–H and O–H groups in total. The average molecular weight is 294 g/mol. The minimum absolute atomic E-state index is 0.0707. The Morgan fingerprint density at radius 3 is 2.95 bits per heavy atom. The summed E-state index contributed by atoms with van der Waals surface area (Å²) in [5.74, 6) is 0. The predicted molar refractivity (Wildman–Crippen MR) is 90.7 cm³/mol. The number of ether oxygens (including phenoxy) is 2. The summed E-state index contributed by atoms with van der Waals surface area (Å²) in [5.41, 5.74) is 1.07. The average Bonchev–Trinajstić information content (AvgIpc) is 2.55. The van der Waals surface area contributed by atoms with Gasteiger partial charge in [0.05, 0.1) is 19.1 Å². The highest BCUT2D eigenvalue weighted by Crippen LogP contribution is 2.15. The minimum Gasteiger partial charge on any atom is -0.473 e. The van der Waals surface area contributed by atoms with Crippen LogP contribution in [0.3, 0.4) is 0 Å². The molecule has 0 aromatic carbocycles. The third kappa shape index (κ3) is 6.15. The second-order valence-electron chi connectivity index (χ2n) is 4.29. The Labute approximate surface area is 130 Å². The number of hydrogen-bond donors (Lipinski definition) is 0. The number of fused-ring (bicyclic) bond motifs is 1. The molecule has 2 rings (SSSR count). The minimum atomic E-state index is -0.0707. The second kappa shape index (κ2) is 10.1. The molecule has 1 aliphatic heterocycles. The molecule has 2 aliphatic rings. The highest BCUT2D eigenvalue weighted by molar-refractivity contribution is 5.80. The monoisotopic (exact) mass is 294 g/mol. The van der Waals surface area contributed by atoms with Gasteiger partial charge in [-0.25, -0.2) is 9.98 Å². The first-order valence-corrected chi connectivity index (χ1v) is 6.97. The molecule has 0 saturated carbocycles. The third-order valence-corrected chi connectivity index (χ3v) is 2.71. The Morgan fingerprint density at radius 2 is 1.95 bits per heavy atom. The molecule has 4 nitrogen and oxygen atoms in total. The van der Waals surface area contributed by atoms with E-state index in [2.05, 4.69) is 9.98 Å². The molecule has 0 radical (unpaired) electrons. The van der Waals surface area contributed by atoms with Crippen LogP contribution < -0.4 is 0 Å². The Balaban J connectivity index is 2.08. The van der Waals surface area contributed by atoms with Crippen molar-refractivity contribution in [2.45, 2.75) is 6.10 Å². The first-order chi connectivity index (χ1) is 11.0. The number of nitrogens with zero attached hydrogens (tertiary/aromatic N) is 2. The van der Waals surface area contributed by atoms with Gasteiger partial charge in [-0.05, 0) is 29.9 Å². The van der Waals surface area contributed by atoms with Crippen LogP contribution in [-0.2, 0) is 9.47 Å². The van der Waals surface area contributed by atoms with Gasteiger partial charge in [-0.2, -0.15) is 0 Å². The summed E-state index contributed by atoms with van der Waals surface area (Å²) in [6.45, 7) is 0.471. The number of aliphatic imine (C=N–C) groups is 2. The van der Waals surface area contributed by atoms with Crippen molar-refractivity contribution in [2.75, 3.05) is 6.61 Å². The van der Waals surface area contributed by atoms with E-state index in [1.165, 1.54) is 6.34 Å². The molecule has 0 spiro atoms. The molecule has 4 heteroatoms. The van der Waals surface area contributed by atoms with Gasteiger partial charge in [0.1, 0.15) is 12.4 Å².